The standard InChI is InChI=1S/C15H24N2O2S/c1-3-16-11-14-5-4-6-15(10-14)20(18,19)17-12(2)9-13-7-8-13/h4-6,10,12-13,16-17H,3,7-9,11H2,1-2H3. The highest BCUT2D eigenvalue weighted by atomic mass is 32.2. The van der Waals surface area contributed by atoms with E-state index < -0.39 is 10.0 Å². The van der Waals surface area contributed by atoms with E-state index in [1.807, 2.05) is 19.9 Å². The lowest BCUT2D eigenvalue weighted by molar-refractivity contribution is 0.530. The Balaban J connectivity index is 2.03. The molecule has 1 atom stereocenters. The van der Waals surface area contributed by atoms with Gasteiger partial charge in [0.05, 0.1) is 4.90 Å². The zero-order valence-electron chi connectivity index (χ0n) is 12.2. The molecule has 5 heteroatoms. The molecule has 0 aliphatic heterocycles. The number of hydrogen-bond acceptors (Lipinski definition) is 3. The normalized spacial score (nSPS) is 17.1. The Kier molecular flexibility index (Phi) is 5.18. The SMILES string of the molecule is CCNCc1cccc(S(=O)(=O)NC(C)CC2CC2)c1. The average molecular weight is 296 g/mol. The molecule has 1 fully saturated rings. The molecular formula is C15H24N2O2S. The van der Waals surface area contributed by atoms with Gasteiger partial charge < -0.3 is 5.32 Å². The zero-order chi connectivity index (χ0) is 14.6. The first kappa shape index (κ1) is 15.5. The maximum Gasteiger partial charge on any atom is 0.240 e. The van der Waals surface area contributed by atoms with Crippen LogP contribution in [0.25, 0.3) is 0 Å². The Morgan fingerprint density at radius 3 is 2.75 bits per heavy atom. The van der Waals surface area contributed by atoms with Crippen LogP contribution in [0, 0.1) is 5.92 Å². The van der Waals surface area contributed by atoms with Gasteiger partial charge in [-0.2, -0.15) is 0 Å². The highest BCUT2D eigenvalue weighted by Gasteiger charge is 2.26. The summed E-state index contributed by atoms with van der Waals surface area (Å²) in [5.74, 6) is 0.716. The van der Waals surface area contributed by atoms with Gasteiger partial charge in [0.25, 0.3) is 0 Å². The van der Waals surface area contributed by atoms with E-state index in [9.17, 15) is 8.42 Å². The minimum Gasteiger partial charge on any atom is -0.313 e. The maximum atomic E-state index is 12.3. The summed E-state index contributed by atoms with van der Waals surface area (Å²) >= 11 is 0. The minimum atomic E-state index is -3.40. The Labute approximate surface area is 122 Å². The highest BCUT2D eigenvalue weighted by molar-refractivity contribution is 7.89. The van der Waals surface area contributed by atoms with Gasteiger partial charge in [0.15, 0.2) is 0 Å². The molecule has 112 valence electrons. The third-order valence-corrected chi connectivity index (χ3v) is 5.12. The van der Waals surface area contributed by atoms with E-state index in [1.165, 1.54) is 12.8 Å². The number of sulfonamides is 1. The van der Waals surface area contributed by atoms with Crippen LogP contribution < -0.4 is 10.0 Å². The summed E-state index contributed by atoms with van der Waals surface area (Å²) in [4.78, 5) is 0.357. The van der Waals surface area contributed by atoms with Crippen molar-refractivity contribution in [3.63, 3.8) is 0 Å². The van der Waals surface area contributed by atoms with E-state index in [-0.39, 0.29) is 6.04 Å². The van der Waals surface area contributed by atoms with Crippen LogP contribution in [-0.2, 0) is 16.6 Å². The Morgan fingerprint density at radius 2 is 2.10 bits per heavy atom. The molecule has 2 N–H and O–H groups in total. The summed E-state index contributed by atoms with van der Waals surface area (Å²) in [5, 5.41) is 3.20. The van der Waals surface area contributed by atoms with Gasteiger partial charge in [-0.05, 0) is 43.5 Å². The Hall–Kier alpha value is -0.910. The van der Waals surface area contributed by atoms with Crippen LogP contribution in [0.2, 0.25) is 0 Å². The lowest BCUT2D eigenvalue weighted by Crippen LogP contribution is -2.33. The third-order valence-electron chi connectivity index (χ3n) is 3.53. The average Bonchev–Trinajstić information content (AvgIpc) is 3.20. The van der Waals surface area contributed by atoms with Gasteiger partial charge in [-0.3, -0.25) is 0 Å². The Bertz CT molecular complexity index is 539. The van der Waals surface area contributed by atoms with Gasteiger partial charge in [0, 0.05) is 12.6 Å². The van der Waals surface area contributed by atoms with Crippen LogP contribution in [0.15, 0.2) is 29.2 Å². The van der Waals surface area contributed by atoms with Crippen molar-refractivity contribution >= 4 is 10.0 Å². The van der Waals surface area contributed by atoms with Gasteiger partial charge in [-0.25, -0.2) is 13.1 Å². The van der Waals surface area contributed by atoms with Crippen LogP contribution >= 0.6 is 0 Å². The second-order valence-corrected chi connectivity index (χ2v) is 7.34. The molecule has 0 heterocycles. The molecule has 1 aliphatic rings. The van der Waals surface area contributed by atoms with Crippen LogP contribution in [0.5, 0.6) is 0 Å². The summed E-state index contributed by atoms with van der Waals surface area (Å²) in [6.45, 7) is 5.53. The molecule has 0 saturated heterocycles. The predicted molar refractivity (Wildman–Crippen MR) is 80.9 cm³/mol. The zero-order valence-corrected chi connectivity index (χ0v) is 13.0. The minimum absolute atomic E-state index is 0.00456. The number of nitrogens with one attached hydrogen (secondary N) is 2. The summed E-state index contributed by atoms with van der Waals surface area (Å²) in [7, 11) is -3.40. The van der Waals surface area contributed by atoms with Crippen molar-refractivity contribution in [2.75, 3.05) is 6.54 Å². The van der Waals surface area contributed by atoms with Crippen molar-refractivity contribution in [2.24, 2.45) is 5.92 Å². The lowest BCUT2D eigenvalue weighted by atomic mass is 10.2. The van der Waals surface area contributed by atoms with Crippen LogP contribution in [0.1, 0.15) is 38.7 Å². The number of hydrogen-bond donors (Lipinski definition) is 2. The third kappa shape index (κ3) is 4.58. The van der Waals surface area contributed by atoms with E-state index in [4.69, 9.17) is 0 Å². The molecule has 2 rings (SSSR count). The van der Waals surface area contributed by atoms with E-state index in [0.29, 0.717) is 17.4 Å². The second kappa shape index (κ2) is 6.70. The molecule has 1 aromatic carbocycles. The quantitative estimate of drug-likeness (QED) is 0.773. The molecule has 0 amide bonds. The van der Waals surface area contributed by atoms with E-state index >= 15 is 0 Å². The van der Waals surface area contributed by atoms with Crippen molar-refractivity contribution in [1.29, 1.82) is 0 Å². The summed E-state index contributed by atoms with van der Waals surface area (Å²) in [6.07, 6.45) is 3.42. The largest absolute Gasteiger partial charge is 0.313 e. The van der Waals surface area contributed by atoms with Crippen LogP contribution in [0.3, 0.4) is 0 Å². The lowest BCUT2D eigenvalue weighted by Gasteiger charge is -2.14. The van der Waals surface area contributed by atoms with Crippen molar-refractivity contribution in [1.82, 2.24) is 10.0 Å². The van der Waals surface area contributed by atoms with Gasteiger partial charge >= 0.3 is 0 Å². The summed E-state index contributed by atoms with van der Waals surface area (Å²) < 4.78 is 27.5. The van der Waals surface area contributed by atoms with Gasteiger partial charge in [0.2, 0.25) is 10.0 Å². The first-order valence-electron chi connectivity index (χ1n) is 7.33. The predicted octanol–water partition coefficient (Wildman–Crippen LogP) is 2.26. The first-order valence-corrected chi connectivity index (χ1v) is 8.81. The molecule has 1 aromatic rings. The molecule has 0 spiro atoms. The molecule has 0 bridgehead atoms. The molecule has 1 aliphatic carbocycles. The molecule has 1 unspecified atom stereocenters. The topological polar surface area (TPSA) is 58.2 Å². The summed E-state index contributed by atoms with van der Waals surface area (Å²) in [5.41, 5.74) is 0.990. The van der Waals surface area contributed by atoms with E-state index in [1.54, 1.807) is 18.2 Å². The molecule has 0 radical (unpaired) electrons. The van der Waals surface area contributed by atoms with Crippen molar-refractivity contribution < 1.29 is 8.42 Å². The van der Waals surface area contributed by atoms with Crippen molar-refractivity contribution in [3.8, 4) is 0 Å². The molecule has 1 saturated carbocycles. The summed E-state index contributed by atoms with van der Waals surface area (Å²) in [6, 6.07) is 7.14. The van der Waals surface area contributed by atoms with Crippen LogP contribution in [-0.4, -0.2) is 21.0 Å². The van der Waals surface area contributed by atoms with Gasteiger partial charge in [-0.15, -0.1) is 0 Å². The van der Waals surface area contributed by atoms with Crippen molar-refractivity contribution in [3.05, 3.63) is 29.8 Å². The fourth-order valence-electron chi connectivity index (χ4n) is 2.33. The van der Waals surface area contributed by atoms with Crippen LogP contribution in [0.4, 0.5) is 0 Å². The van der Waals surface area contributed by atoms with Gasteiger partial charge in [0.1, 0.15) is 0 Å². The highest BCUT2D eigenvalue weighted by Crippen LogP contribution is 2.33. The van der Waals surface area contributed by atoms with Gasteiger partial charge in [-0.1, -0.05) is 31.9 Å². The molecule has 0 aromatic heterocycles. The Morgan fingerprint density at radius 1 is 1.35 bits per heavy atom. The number of rotatable bonds is 8. The fourth-order valence-corrected chi connectivity index (χ4v) is 3.65. The first-order chi connectivity index (χ1) is 9.51. The van der Waals surface area contributed by atoms with E-state index in [0.717, 1.165) is 18.5 Å². The monoisotopic (exact) mass is 296 g/mol. The van der Waals surface area contributed by atoms with Crippen molar-refractivity contribution in [2.45, 2.75) is 50.6 Å². The van der Waals surface area contributed by atoms with E-state index in [2.05, 4.69) is 10.0 Å². The molecule has 20 heavy (non-hydrogen) atoms. The number of benzene rings is 1. The molecule has 4 nitrogen and oxygen atoms in total. The second-order valence-electron chi connectivity index (χ2n) is 5.63. The smallest absolute Gasteiger partial charge is 0.240 e. The fraction of sp³-hybridized carbons (Fsp3) is 0.600. The molecular weight excluding hydrogens is 272 g/mol. The maximum absolute atomic E-state index is 12.3.